The van der Waals surface area contributed by atoms with E-state index in [2.05, 4.69) is 10.1 Å². The lowest BCUT2D eigenvalue weighted by Gasteiger charge is -2.04. The highest BCUT2D eigenvalue weighted by molar-refractivity contribution is 5.94. The smallest absolute Gasteiger partial charge is 0.248 e. The van der Waals surface area contributed by atoms with Crippen LogP contribution in [-0.2, 0) is 0 Å². The summed E-state index contributed by atoms with van der Waals surface area (Å²) in [6, 6.07) is 17.0. The average molecular weight is 358 g/mol. The van der Waals surface area contributed by atoms with Gasteiger partial charge in [-0.2, -0.15) is 5.10 Å². The van der Waals surface area contributed by atoms with Gasteiger partial charge in [0.2, 0.25) is 5.91 Å². The summed E-state index contributed by atoms with van der Waals surface area (Å²) in [6.07, 6.45) is 5.12. The van der Waals surface area contributed by atoms with Crippen molar-refractivity contribution in [3.63, 3.8) is 0 Å². The Labute approximate surface area is 154 Å². The summed E-state index contributed by atoms with van der Waals surface area (Å²) in [6.45, 7) is 0. The third-order valence-electron chi connectivity index (χ3n) is 4.23. The van der Waals surface area contributed by atoms with Crippen LogP contribution in [0.2, 0.25) is 0 Å². The van der Waals surface area contributed by atoms with Crippen LogP contribution in [0.3, 0.4) is 0 Å². The number of hydrogen-bond donors (Lipinski definition) is 1. The normalized spacial score (nSPS) is 10.7. The molecule has 0 aliphatic carbocycles. The lowest BCUT2D eigenvalue weighted by Crippen LogP contribution is -2.10. The number of pyridine rings is 1. The highest BCUT2D eigenvalue weighted by atomic mass is 19.1. The second-order valence-corrected chi connectivity index (χ2v) is 5.97. The number of carbonyl (C=O) groups excluding carboxylic acids is 1. The van der Waals surface area contributed by atoms with Crippen molar-refractivity contribution in [2.45, 2.75) is 0 Å². The van der Waals surface area contributed by atoms with Crippen molar-refractivity contribution >= 4 is 5.91 Å². The zero-order chi connectivity index (χ0) is 18.8. The Kier molecular flexibility index (Phi) is 4.22. The number of nitrogens with zero attached hydrogens (tertiary/aromatic N) is 3. The third-order valence-corrected chi connectivity index (χ3v) is 4.23. The van der Waals surface area contributed by atoms with Crippen LogP contribution in [0.5, 0.6) is 0 Å². The van der Waals surface area contributed by atoms with Gasteiger partial charge >= 0.3 is 0 Å². The van der Waals surface area contributed by atoms with Crippen molar-refractivity contribution in [1.29, 1.82) is 0 Å². The van der Waals surface area contributed by atoms with E-state index in [4.69, 9.17) is 5.73 Å². The predicted molar refractivity (Wildman–Crippen MR) is 101 cm³/mol. The minimum absolute atomic E-state index is 0.338. The number of para-hydroxylation sites is 1. The quantitative estimate of drug-likeness (QED) is 0.602. The SMILES string of the molecule is NC(=O)c1cccc(-c2nn(-c3ccccc3F)cc2-c2ccncc2)c1. The lowest BCUT2D eigenvalue weighted by molar-refractivity contribution is 0.100. The summed E-state index contributed by atoms with van der Waals surface area (Å²) >= 11 is 0. The number of carbonyl (C=O) groups is 1. The predicted octanol–water partition coefficient (Wildman–Crippen LogP) is 3.84. The van der Waals surface area contributed by atoms with E-state index in [1.165, 1.54) is 10.7 Å². The Balaban J connectivity index is 1.93. The lowest BCUT2D eigenvalue weighted by atomic mass is 10.0. The minimum atomic E-state index is -0.518. The second-order valence-electron chi connectivity index (χ2n) is 5.97. The summed E-state index contributed by atoms with van der Waals surface area (Å²) in [5.41, 5.74) is 9.13. The monoisotopic (exact) mass is 358 g/mol. The molecule has 0 aliphatic rings. The van der Waals surface area contributed by atoms with Crippen LogP contribution in [0.4, 0.5) is 4.39 Å². The molecule has 2 heterocycles. The fourth-order valence-corrected chi connectivity index (χ4v) is 2.91. The van der Waals surface area contributed by atoms with Gasteiger partial charge in [0.25, 0.3) is 0 Å². The Morgan fingerprint density at radius 2 is 1.74 bits per heavy atom. The van der Waals surface area contributed by atoms with Gasteiger partial charge in [-0.15, -0.1) is 0 Å². The van der Waals surface area contributed by atoms with E-state index < -0.39 is 5.91 Å². The van der Waals surface area contributed by atoms with Gasteiger partial charge in [0, 0.05) is 35.3 Å². The van der Waals surface area contributed by atoms with E-state index in [1.54, 1.807) is 55.0 Å². The van der Waals surface area contributed by atoms with Crippen molar-refractivity contribution in [1.82, 2.24) is 14.8 Å². The molecule has 0 spiro atoms. The summed E-state index contributed by atoms with van der Waals surface area (Å²) in [5, 5.41) is 4.59. The molecule has 4 aromatic rings. The fourth-order valence-electron chi connectivity index (χ4n) is 2.91. The number of rotatable bonds is 4. The molecule has 0 unspecified atom stereocenters. The highest BCUT2D eigenvalue weighted by Gasteiger charge is 2.16. The van der Waals surface area contributed by atoms with Gasteiger partial charge < -0.3 is 5.73 Å². The Morgan fingerprint density at radius 3 is 2.48 bits per heavy atom. The maximum absolute atomic E-state index is 14.3. The topological polar surface area (TPSA) is 73.8 Å². The largest absolute Gasteiger partial charge is 0.366 e. The van der Waals surface area contributed by atoms with Gasteiger partial charge in [-0.05, 0) is 42.0 Å². The maximum Gasteiger partial charge on any atom is 0.248 e. The van der Waals surface area contributed by atoms with Gasteiger partial charge in [0.1, 0.15) is 17.2 Å². The molecule has 0 saturated heterocycles. The minimum Gasteiger partial charge on any atom is -0.366 e. The molecule has 132 valence electrons. The molecule has 0 aliphatic heterocycles. The van der Waals surface area contributed by atoms with Gasteiger partial charge in [0.15, 0.2) is 0 Å². The number of amides is 1. The van der Waals surface area contributed by atoms with Crippen molar-refractivity contribution < 1.29 is 9.18 Å². The number of aromatic nitrogens is 3. The molecule has 0 fully saturated rings. The summed E-state index contributed by atoms with van der Waals surface area (Å²) in [4.78, 5) is 15.6. The van der Waals surface area contributed by atoms with Crippen LogP contribution < -0.4 is 5.73 Å². The molecule has 1 amide bonds. The summed E-state index contributed by atoms with van der Waals surface area (Å²) in [5.74, 6) is -0.894. The van der Waals surface area contributed by atoms with Crippen LogP contribution in [0.1, 0.15) is 10.4 Å². The number of halogens is 1. The Bertz CT molecular complexity index is 1120. The Hall–Kier alpha value is -3.80. The first-order valence-electron chi connectivity index (χ1n) is 8.29. The summed E-state index contributed by atoms with van der Waals surface area (Å²) in [7, 11) is 0. The average Bonchev–Trinajstić information content (AvgIpc) is 3.14. The third kappa shape index (κ3) is 3.20. The molecule has 4 rings (SSSR count). The van der Waals surface area contributed by atoms with Gasteiger partial charge in [-0.1, -0.05) is 24.3 Å². The molecule has 0 saturated carbocycles. The van der Waals surface area contributed by atoms with E-state index in [0.717, 1.165) is 11.1 Å². The number of hydrogen-bond acceptors (Lipinski definition) is 3. The molecule has 0 atom stereocenters. The van der Waals surface area contributed by atoms with E-state index >= 15 is 0 Å². The molecule has 27 heavy (non-hydrogen) atoms. The Morgan fingerprint density at radius 1 is 0.963 bits per heavy atom. The first kappa shape index (κ1) is 16.7. The molecule has 0 bridgehead atoms. The van der Waals surface area contributed by atoms with Crippen LogP contribution in [0.25, 0.3) is 28.1 Å². The molecule has 2 aromatic heterocycles. The molecular weight excluding hydrogens is 343 g/mol. The van der Waals surface area contributed by atoms with Crippen molar-refractivity contribution in [2.24, 2.45) is 5.73 Å². The molecule has 6 heteroatoms. The van der Waals surface area contributed by atoms with E-state index in [-0.39, 0.29) is 5.82 Å². The molecule has 2 aromatic carbocycles. The van der Waals surface area contributed by atoms with Gasteiger partial charge in [-0.3, -0.25) is 9.78 Å². The maximum atomic E-state index is 14.3. The van der Waals surface area contributed by atoms with E-state index in [9.17, 15) is 9.18 Å². The second kappa shape index (κ2) is 6.84. The standard InChI is InChI=1S/C21H15FN4O/c22-18-6-1-2-7-19(18)26-13-17(14-8-10-24-11-9-14)20(25-26)15-4-3-5-16(12-15)21(23)27/h1-13H,(H2,23,27). The van der Waals surface area contributed by atoms with Gasteiger partial charge in [-0.25, -0.2) is 9.07 Å². The molecule has 2 N–H and O–H groups in total. The van der Waals surface area contributed by atoms with Crippen molar-refractivity contribution in [2.75, 3.05) is 0 Å². The van der Waals surface area contributed by atoms with E-state index in [0.29, 0.717) is 22.5 Å². The molecular formula is C21H15FN4O. The van der Waals surface area contributed by atoms with Crippen molar-refractivity contribution in [3.8, 4) is 28.1 Å². The highest BCUT2D eigenvalue weighted by Crippen LogP contribution is 2.32. The zero-order valence-electron chi connectivity index (χ0n) is 14.2. The first-order chi connectivity index (χ1) is 13.1. The van der Waals surface area contributed by atoms with Crippen molar-refractivity contribution in [3.05, 3.63) is 90.6 Å². The van der Waals surface area contributed by atoms with Crippen LogP contribution in [-0.4, -0.2) is 20.7 Å². The van der Waals surface area contributed by atoms with E-state index in [1.807, 2.05) is 18.2 Å². The number of nitrogens with two attached hydrogens (primary N) is 1. The van der Waals surface area contributed by atoms with Crippen LogP contribution >= 0.6 is 0 Å². The first-order valence-corrected chi connectivity index (χ1v) is 8.29. The molecule has 5 nitrogen and oxygen atoms in total. The van der Waals surface area contributed by atoms with Crippen LogP contribution in [0, 0.1) is 5.82 Å². The van der Waals surface area contributed by atoms with Gasteiger partial charge in [0.05, 0.1) is 0 Å². The summed E-state index contributed by atoms with van der Waals surface area (Å²) < 4.78 is 15.8. The zero-order valence-corrected chi connectivity index (χ0v) is 14.2. The molecule has 0 radical (unpaired) electrons. The number of primary amides is 1. The van der Waals surface area contributed by atoms with Crippen LogP contribution in [0.15, 0.2) is 79.3 Å². The number of benzene rings is 2. The fraction of sp³-hybridized carbons (Fsp3) is 0.